The van der Waals surface area contributed by atoms with Crippen molar-refractivity contribution in [2.75, 3.05) is 6.61 Å². The van der Waals surface area contributed by atoms with Crippen LogP contribution in [0.25, 0.3) is 32.8 Å². The van der Waals surface area contributed by atoms with E-state index < -0.39 is 11.5 Å². The van der Waals surface area contributed by atoms with Gasteiger partial charge >= 0.3 is 5.63 Å². The van der Waals surface area contributed by atoms with Crippen molar-refractivity contribution in [3.63, 3.8) is 0 Å². The highest BCUT2D eigenvalue weighted by Crippen LogP contribution is 2.44. The summed E-state index contributed by atoms with van der Waals surface area (Å²) in [5, 5.41) is 14.6. The lowest BCUT2D eigenvalue weighted by Crippen LogP contribution is -2.17. The number of nitrogens with zero attached hydrogens (tertiary/aromatic N) is 2. The Labute approximate surface area is 249 Å². The molecular formula is C35H33ClN2O4. The number of fused-ring (bicyclic) bond motifs is 3. The maximum Gasteiger partial charge on any atom is 0.344 e. The molecule has 0 aliphatic carbocycles. The first-order valence-corrected chi connectivity index (χ1v) is 14.9. The Hall–Kier alpha value is -4.29. The molecule has 3 aromatic carbocycles. The lowest BCUT2D eigenvalue weighted by atomic mass is 9.84. The van der Waals surface area contributed by atoms with Gasteiger partial charge in [-0.25, -0.2) is 9.78 Å². The summed E-state index contributed by atoms with van der Waals surface area (Å²) in [7, 11) is 0. The molecule has 1 N–H and O–H groups in total. The standard InChI is InChI=1S/C35H33ClN2O4/c1-3-5-17-38-21-27(24-11-7-9-13-29(24)38)31(32-33(39)25-12-8-10-14-30(25)42-35(32)40)26-19-22-15-16-23(36)20-28(22)37-34(26)41-18-6-4-2/h7-16,19-21,31,39H,3-6,17-18H2,1-2H3. The first-order chi connectivity index (χ1) is 20.5. The van der Waals surface area contributed by atoms with Crippen molar-refractivity contribution in [1.82, 2.24) is 9.55 Å². The quantitative estimate of drug-likeness (QED) is 0.129. The minimum absolute atomic E-state index is 0.104. The minimum Gasteiger partial charge on any atom is -0.507 e. The third-order valence-electron chi connectivity index (χ3n) is 7.81. The van der Waals surface area contributed by atoms with Gasteiger partial charge in [0, 0.05) is 39.6 Å². The largest absolute Gasteiger partial charge is 0.507 e. The average molecular weight is 581 g/mol. The van der Waals surface area contributed by atoms with Gasteiger partial charge in [0.1, 0.15) is 11.3 Å². The van der Waals surface area contributed by atoms with Crippen molar-refractivity contribution < 1.29 is 14.3 Å². The van der Waals surface area contributed by atoms with Crippen LogP contribution in [0.15, 0.2) is 88.2 Å². The van der Waals surface area contributed by atoms with Crippen LogP contribution in [0.3, 0.4) is 0 Å². The fraction of sp³-hybridized carbons (Fsp3) is 0.257. The van der Waals surface area contributed by atoms with E-state index >= 15 is 0 Å². The number of halogens is 1. The van der Waals surface area contributed by atoms with Crippen molar-refractivity contribution >= 4 is 44.4 Å². The number of rotatable bonds is 10. The number of aryl methyl sites for hydroxylation is 1. The summed E-state index contributed by atoms with van der Waals surface area (Å²) in [5.74, 6) is -0.420. The van der Waals surface area contributed by atoms with Crippen molar-refractivity contribution in [3.05, 3.63) is 111 Å². The summed E-state index contributed by atoms with van der Waals surface area (Å²) in [6.45, 7) is 5.56. The molecule has 3 heterocycles. The predicted octanol–water partition coefficient (Wildman–Crippen LogP) is 8.81. The minimum atomic E-state index is -0.720. The molecule has 0 radical (unpaired) electrons. The fourth-order valence-corrected chi connectivity index (χ4v) is 5.84. The molecule has 6 nitrogen and oxygen atoms in total. The molecule has 0 saturated carbocycles. The van der Waals surface area contributed by atoms with Crippen LogP contribution in [0.5, 0.6) is 11.6 Å². The summed E-state index contributed by atoms with van der Waals surface area (Å²) in [6.07, 6.45) is 5.96. The average Bonchev–Trinajstić information content (AvgIpc) is 3.36. The number of ether oxygens (including phenoxy) is 1. The molecule has 0 aliphatic heterocycles. The molecule has 42 heavy (non-hydrogen) atoms. The Morgan fingerprint density at radius 3 is 2.52 bits per heavy atom. The Kier molecular flexibility index (Phi) is 7.90. The molecule has 214 valence electrons. The van der Waals surface area contributed by atoms with E-state index in [0.717, 1.165) is 54.1 Å². The maximum atomic E-state index is 13.8. The highest BCUT2D eigenvalue weighted by atomic mass is 35.5. The molecule has 3 aromatic heterocycles. The zero-order valence-electron chi connectivity index (χ0n) is 23.8. The normalized spacial score (nSPS) is 12.4. The second-order valence-electron chi connectivity index (χ2n) is 10.7. The number of hydrogen-bond acceptors (Lipinski definition) is 5. The van der Waals surface area contributed by atoms with Crippen molar-refractivity contribution in [2.24, 2.45) is 0 Å². The van der Waals surface area contributed by atoms with E-state index in [0.29, 0.717) is 39.6 Å². The van der Waals surface area contributed by atoms with Crippen LogP contribution in [0, 0.1) is 0 Å². The van der Waals surface area contributed by atoms with Gasteiger partial charge in [-0.3, -0.25) is 0 Å². The first kappa shape index (κ1) is 27.9. The van der Waals surface area contributed by atoms with E-state index in [4.69, 9.17) is 25.7 Å². The molecule has 1 atom stereocenters. The topological polar surface area (TPSA) is 77.5 Å². The number of benzene rings is 3. The summed E-state index contributed by atoms with van der Waals surface area (Å²) < 4.78 is 14.4. The Bertz CT molecular complexity index is 1960. The van der Waals surface area contributed by atoms with Gasteiger partial charge in [-0.05, 0) is 54.8 Å². The van der Waals surface area contributed by atoms with Gasteiger partial charge in [0.15, 0.2) is 0 Å². The van der Waals surface area contributed by atoms with E-state index in [-0.39, 0.29) is 11.3 Å². The van der Waals surface area contributed by atoms with Crippen LogP contribution in [0.2, 0.25) is 5.02 Å². The van der Waals surface area contributed by atoms with E-state index in [2.05, 4.69) is 36.7 Å². The lowest BCUT2D eigenvalue weighted by Gasteiger charge is -2.22. The molecular weight excluding hydrogens is 548 g/mol. The molecule has 0 bridgehead atoms. The van der Waals surface area contributed by atoms with Crippen molar-refractivity contribution in [3.8, 4) is 11.6 Å². The van der Waals surface area contributed by atoms with Crippen LogP contribution >= 0.6 is 11.6 Å². The summed E-state index contributed by atoms with van der Waals surface area (Å²) in [4.78, 5) is 18.7. The van der Waals surface area contributed by atoms with Gasteiger partial charge in [0.05, 0.1) is 29.0 Å². The number of aromatic hydroxyl groups is 1. The Morgan fingerprint density at radius 2 is 1.71 bits per heavy atom. The molecule has 0 spiro atoms. The molecule has 1 unspecified atom stereocenters. The Morgan fingerprint density at radius 1 is 0.952 bits per heavy atom. The van der Waals surface area contributed by atoms with Crippen LogP contribution in [0.1, 0.15) is 62.1 Å². The molecule has 7 heteroatoms. The van der Waals surface area contributed by atoms with Crippen LogP contribution < -0.4 is 10.4 Å². The number of aromatic nitrogens is 2. The molecule has 0 aliphatic rings. The highest BCUT2D eigenvalue weighted by Gasteiger charge is 2.32. The van der Waals surface area contributed by atoms with Crippen LogP contribution in [0.4, 0.5) is 0 Å². The first-order valence-electron chi connectivity index (χ1n) is 14.6. The zero-order valence-corrected chi connectivity index (χ0v) is 24.5. The van der Waals surface area contributed by atoms with Gasteiger partial charge in [-0.15, -0.1) is 0 Å². The van der Waals surface area contributed by atoms with Gasteiger partial charge in [-0.1, -0.05) is 74.7 Å². The summed E-state index contributed by atoms with van der Waals surface area (Å²) in [6, 6.07) is 22.7. The van der Waals surface area contributed by atoms with E-state index in [9.17, 15) is 9.90 Å². The Balaban J connectivity index is 1.70. The van der Waals surface area contributed by atoms with Gasteiger partial charge in [0.25, 0.3) is 0 Å². The van der Waals surface area contributed by atoms with E-state index in [1.54, 1.807) is 24.3 Å². The fourth-order valence-electron chi connectivity index (χ4n) is 5.67. The number of unbranched alkanes of at least 4 members (excludes halogenated alkanes) is 2. The zero-order chi connectivity index (χ0) is 29.2. The second-order valence-corrected chi connectivity index (χ2v) is 11.1. The SMILES string of the molecule is CCCCOc1nc2cc(Cl)ccc2cc1C(c1c(O)c2ccccc2oc1=O)c1cn(CCCC)c2ccccc12. The molecule has 0 saturated heterocycles. The van der Waals surface area contributed by atoms with E-state index in [1.165, 1.54) is 0 Å². The molecule has 0 amide bonds. The van der Waals surface area contributed by atoms with E-state index in [1.807, 2.05) is 36.4 Å². The van der Waals surface area contributed by atoms with Gasteiger partial charge < -0.3 is 18.8 Å². The number of para-hydroxylation sites is 2. The third kappa shape index (κ3) is 5.12. The number of hydrogen-bond donors (Lipinski definition) is 1. The summed E-state index contributed by atoms with van der Waals surface area (Å²) in [5.41, 5.74) is 3.19. The third-order valence-corrected chi connectivity index (χ3v) is 8.05. The van der Waals surface area contributed by atoms with Gasteiger partial charge in [-0.2, -0.15) is 0 Å². The second kappa shape index (κ2) is 11.9. The highest BCUT2D eigenvalue weighted by molar-refractivity contribution is 6.31. The smallest absolute Gasteiger partial charge is 0.344 e. The van der Waals surface area contributed by atoms with Gasteiger partial charge in [0.2, 0.25) is 5.88 Å². The lowest BCUT2D eigenvalue weighted by molar-refractivity contribution is 0.295. The number of pyridine rings is 1. The monoisotopic (exact) mass is 580 g/mol. The molecule has 0 fully saturated rings. The molecule has 6 aromatic rings. The predicted molar refractivity (Wildman–Crippen MR) is 169 cm³/mol. The van der Waals surface area contributed by atoms with Crippen molar-refractivity contribution in [1.29, 1.82) is 0 Å². The van der Waals surface area contributed by atoms with Crippen LogP contribution in [-0.4, -0.2) is 21.3 Å². The molecule has 6 rings (SSSR count). The maximum absolute atomic E-state index is 13.8. The van der Waals surface area contributed by atoms with Crippen LogP contribution in [-0.2, 0) is 6.54 Å². The summed E-state index contributed by atoms with van der Waals surface area (Å²) >= 11 is 6.33. The van der Waals surface area contributed by atoms with Crippen molar-refractivity contribution in [2.45, 2.75) is 52.0 Å².